The van der Waals surface area contributed by atoms with Gasteiger partial charge in [0.15, 0.2) is 0 Å². The maximum atomic E-state index is 8.35. The highest BCUT2D eigenvalue weighted by Crippen LogP contribution is 2.02. The van der Waals surface area contributed by atoms with E-state index in [1.54, 1.807) is 4.68 Å². The smallest absolute Gasteiger partial charge is 0.0815 e. The molecule has 10 heavy (non-hydrogen) atoms. The third kappa shape index (κ3) is 1.34. The molecular formula is C6H11N3O. The van der Waals surface area contributed by atoms with E-state index in [1.165, 1.54) is 0 Å². The third-order valence-corrected chi connectivity index (χ3v) is 1.36. The van der Waals surface area contributed by atoms with Crippen LogP contribution in [0.1, 0.15) is 11.3 Å². The van der Waals surface area contributed by atoms with E-state index in [0.717, 1.165) is 11.3 Å². The number of nitrogens with zero attached hydrogens (tertiary/aromatic N) is 2. The lowest BCUT2D eigenvalue weighted by molar-refractivity contribution is 0.159. The van der Waals surface area contributed by atoms with E-state index in [4.69, 9.17) is 5.21 Å². The topological polar surface area (TPSA) is 50.1 Å². The number of hydroxylamine groups is 1. The SMILES string of the molecule is Cc1cn(C)nc1CNO. The van der Waals surface area contributed by atoms with Gasteiger partial charge in [0.1, 0.15) is 0 Å². The molecule has 0 aliphatic rings. The van der Waals surface area contributed by atoms with Crippen molar-refractivity contribution in [3.05, 3.63) is 17.5 Å². The number of nitrogens with one attached hydrogen (secondary N) is 1. The fourth-order valence-electron chi connectivity index (χ4n) is 0.903. The molecule has 0 bridgehead atoms. The molecule has 0 unspecified atom stereocenters. The first-order valence-electron chi connectivity index (χ1n) is 3.10. The lowest BCUT2D eigenvalue weighted by atomic mass is 10.3. The predicted molar refractivity (Wildman–Crippen MR) is 36.6 cm³/mol. The highest BCUT2D eigenvalue weighted by molar-refractivity contribution is 5.13. The number of aromatic nitrogens is 2. The van der Waals surface area contributed by atoms with Crippen LogP contribution in [-0.4, -0.2) is 15.0 Å². The zero-order chi connectivity index (χ0) is 7.56. The van der Waals surface area contributed by atoms with E-state index < -0.39 is 0 Å². The van der Waals surface area contributed by atoms with Gasteiger partial charge in [0.25, 0.3) is 0 Å². The Hall–Kier alpha value is -0.870. The van der Waals surface area contributed by atoms with Crippen LogP contribution in [-0.2, 0) is 13.6 Å². The largest absolute Gasteiger partial charge is 0.316 e. The van der Waals surface area contributed by atoms with Crippen LogP contribution >= 0.6 is 0 Å². The molecule has 0 saturated carbocycles. The van der Waals surface area contributed by atoms with Crippen molar-refractivity contribution in [1.29, 1.82) is 0 Å². The molecule has 0 amide bonds. The summed E-state index contributed by atoms with van der Waals surface area (Å²) in [6.07, 6.45) is 1.91. The standard InChI is InChI=1S/C6H11N3O/c1-5-4-9(2)8-6(5)3-7-10/h4,7,10H,3H2,1-2H3. The third-order valence-electron chi connectivity index (χ3n) is 1.36. The molecule has 2 N–H and O–H groups in total. The Labute approximate surface area is 59.4 Å². The van der Waals surface area contributed by atoms with Gasteiger partial charge in [0.05, 0.1) is 12.2 Å². The molecule has 0 aromatic carbocycles. The van der Waals surface area contributed by atoms with Crippen LogP contribution in [0.3, 0.4) is 0 Å². The normalized spacial score (nSPS) is 10.3. The van der Waals surface area contributed by atoms with Crippen LogP contribution in [0.2, 0.25) is 0 Å². The fourth-order valence-corrected chi connectivity index (χ4v) is 0.903. The van der Waals surface area contributed by atoms with Gasteiger partial charge in [-0.3, -0.25) is 4.68 Å². The van der Waals surface area contributed by atoms with Gasteiger partial charge in [-0.05, 0) is 12.5 Å². The average molecular weight is 141 g/mol. The molecule has 0 aliphatic carbocycles. The summed E-state index contributed by atoms with van der Waals surface area (Å²) < 4.78 is 1.72. The van der Waals surface area contributed by atoms with Crippen LogP contribution in [0, 0.1) is 6.92 Å². The molecule has 0 aliphatic heterocycles. The molecule has 1 aromatic heterocycles. The molecule has 0 spiro atoms. The van der Waals surface area contributed by atoms with Gasteiger partial charge in [-0.1, -0.05) is 0 Å². The molecule has 4 heteroatoms. The maximum absolute atomic E-state index is 8.35. The highest BCUT2D eigenvalue weighted by atomic mass is 16.5. The molecular weight excluding hydrogens is 130 g/mol. The van der Waals surface area contributed by atoms with E-state index in [-0.39, 0.29) is 0 Å². The average Bonchev–Trinajstić information content (AvgIpc) is 2.13. The minimum absolute atomic E-state index is 0.409. The zero-order valence-electron chi connectivity index (χ0n) is 6.13. The molecule has 0 atom stereocenters. The van der Waals surface area contributed by atoms with E-state index >= 15 is 0 Å². The van der Waals surface area contributed by atoms with Crippen LogP contribution in [0.4, 0.5) is 0 Å². The van der Waals surface area contributed by atoms with Crippen molar-refractivity contribution >= 4 is 0 Å². The van der Waals surface area contributed by atoms with Crippen LogP contribution in [0.15, 0.2) is 6.20 Å². The van der Waals surface area contributed by atoms with Gasteiger partial charge in [0, 0.05) is 13.2 Å². The molecule has 1 aromatic rings. The van der Waals surface area contributed by atoms with Gasteiger partial charge in [-0.25, -0.2) is 0 Å². The van der Waals surface area contributed by atoms with Crippen molar-refractivity contribution in [3.63, 3.8) is 0 Å². The molecule has 56 valence electrons. The second-order valence-corrected chi connectivity index (χ2v) is 2.27. The van der Waals surface area contributed by atoms with Crippen molar-refractivity contribution in [2.45, 2.75) is 13.5 Å². The van der Waals surface area contributed by atoms with Gasteiger partial charge in [-0.15, -0.1) is 0 Å². The first-order chi connectivity index (χ1) is 4.74. The van der Waals surface area contributed by atoms with E-state index in [0.29, 0.717) is 6.54 Å². The van der Waals surface area contributed by atoms with Crippen LogP contribution in [0.25, 0.3) is 0 Å². The Kier molecular flexibility index (Phi) is 2.03. The van der Waals surface area contributed by atoms with Crippen molar-refractivity contribution in [3.8, 4) is 0 Å². The van der Waals surface area contributed by atoms with Gasteiger partial charge in [0.2, 0.25) is 0 Å². The molecule has 0 radical (unpaired) electrons. The summed E-state index contributed by atoms with van der Waals surface area (Å²) >= 11 is 0. The Balaban J connectivity index is 2.81. The summed E-state index contributed by atoms with van der Waals surface area (Å²) in [7, 11) is 1.86. The zero-order valence-corrected chi connectivity index (χ0v) is 6.13. The molecule has 0 fully saturated rings. The molecule has 1 rings (SSSR count). The lowest BCUT2D eigenvalue weighted by Gasteiger charge is -1.92. The van der Waals surface area contributed by atoms with Gasteiger partial charge >= 0.3 is 0 Å². The minimum atomic E-state index is 0.409. The Morgan fingerprint density at radius 3 is 2.90 bits per heavy atom. The van der Waals surface area contributed by atoms with Crippen molar-refractivity contribution < 1.29 is 5.21 Å². The van der Waals surface area contributed by atoms with Gasteiger partial charge in [-0.2, -0.15) is 10.6 Å². The monoisotopic (exact) mass is 141 g/mol. The number of hydrogen-bond donors (Lipinski definition) is 2. The first-order valence-corrected chi connectivity index (χ1v) is 3.10. The summed E-state index contributed by atoms with van der Waals surface area (Å²) in [6.45, 7) is 2.37. The first kappa shape index (κ1) is 7.24. The fraction of sp³-hybridized carbons (Fsp3) is 0.500. The van der Waals surface area contributed by atoms with E-state index in [9.17, 15) is 0 Å². The summed E-state index contributed by atoms with van der Waals surface area (Å²) in [5.41, 5.74) is 4.03. The number of aryl methyl sites for hydroxylation is 2. The van der Waals surface area contributed by atoms with Crippen molar-refractivity contribution in [2.24, 2.45) is 7.05 Å². The van der Waals surface area contributed by atoms with Gasteiger partial charge < -0.3 is 5.21 Å². The molecule has 1 heterocycles. The quantitative estimate of drug-likeness (QED) is 0.579. The van der Waals surface area contributed by atoms with E-state index in [1.807, 2.05) is 20.2 Å². The number of rotatable bonds is 2. The van der Waals surface area contributed by atoms with Crippen molar-refractivity contribution in [2.75, 3.05) is 0 Å². The Bertz CT molecular complexity index is 219. The summed E-state index contributed by atoms with van der Waals surface area (Å²) in [5.74, 6) is 0. The Morgan fingerprint density at radius 2 is 2.50 bits per heavy atom. The lowest BCUT2D eigenvalue weighted by Crippen LogP contribution is -2.07. The summed E-state index contributed by atoms with van der Waals surface area (Å²) in [6, 6.07) is 0. The second-order valence-electron chi connectivity index (χ2n) is 2.27. The predicted octanol–water partition coefficient (Wildman–Crippen LogP) is 0.207. The van der Waals surface area contributed by atoms with Crippen molar-refractivity contribution in [1.82, 2.24) is 15.3 Å². The second kappa shape index (κ2) is 2.81. The number of hydrogen-bond acceptors (Lipinski definition) is 3. The molecule has 4 nitrogen and oxygen atoms in total. The summed E-state index contributed by atoms with van der Waals surface area (Å²) in [4.78, 5) is 0. The summed E-state index contributed by atoms with van der Waals surface area (Å²) in [5, 5.41) is 12.4. The maximum Gasteiger partial charge on any atom is 0.0815 e. The van der Waals surface area contributed by atoms with E-state index in [2.05, 4.69) is 10.6 Å². The minimum Gasteiger partial charge on any atom is -0.316 e. The van der Waals surface area contributed by atoms with Crippen LogP contribution < -0.4 is 5.48 Å². The van der Waals surface area contributed by atoms with Crippen LogP contribution in [0.5, 0.6) is 0 Å². The highest BCUT2D eigenvalue weighted by Gasteiger charge is 2.00. The molecule has 0 saturated heterocycles. The Morgan fingerprint density at radius 1 is 1.80 bits per heavy atom.